The first-order valence-electron chi connectivity index (χ1n) is 9.09. The largest absolute Gasteiger partial charge is 0.365 e. The Morgan fingerprint density at radius 2 is 2.08 bits per heavy atom. The van der Waals surface area contributed by atoms with E-state index >= 15 is 0 Å². The second-order valence-corrected chi connectivity index (χ2v) is 7.72. The maximum atomic E-state index is 12.9. The van der Waals surface area contributed by atoms with Gasteiger partial charge in [0, 0.05) is 32.5 Å². The molecule has 2 heterocycles. The number of carbonyl (C=O) groups excluding carboxylic acids is 2. The highest BCUT2D eigenvalue weighted by Gasteiger charge is 2.30. The summed E-state index contributed by atoms with van der Waals surface area (Å²) in [5.74, 6) is 0.221. The number of piperidine rings is 1. The monoisotopic (exact) mass is 371 g/mol. The third-order valence-electron chi connectivity index (χ3n) is 4.87. The third-order valence-corrected chi connectivity index (χ3v) is 6.03. The molecule has 2 aromatic rings. The first kappa shape index (κ1) is 18.6. The minimum Gasteiger partial charge on any atom is -0.365 e. The smallest absolute Gasteiger partial charge is 0.265 e. The van der Waals surface area contributed by atoms with Crippen molar-refractivity contribution in [3.8, 4) is 0 Å². The molecule has 26 heavy (non-hydrogen) atoms. The number of aromatic nitrogens is 1. The summed E-state index contributed by atoms with van der Waals surface area (Å²) in [6.45, 7) is 3.10. The molecule has 0 unspecified atom stereocenters. The van der Waals surface area contributed by atoms with E-state index in [4.69, 9.17) is 0 Å². The van der Waals surface area contributed by atoms with Crippen molar-refractivity contribution in [3.05, 3.63) is 46.5 Å². The first-order chi connectivity index (χ1) is 12.6. The number of aryl methyl sites for hydroxylation is 2. The van der Waals surface area contributed by atoms with Gasteiger partial charge in [0.1, 0.15) is 10.7 Å². The first-order valence-corrected chi connectivity index (χ1v) is 9.91. The van der Waals surface area contributed by atoms with Gasteiger partial charge in [-0.15, -0.1) is 0 Å². The van der Waals surface area contributed by atoms with Gasteiger partial charge in [-0.1, -0.05) is 41.7 Å². The fourth-order valence-corrected chi connectivity index (χ4v) is 4.27. The van der Waals surface area contributed by atoms with Crippen LogP contribution in [0.4, 0.5) is 5.13 Å². The van der Waals surface area contributed by atoms with Crippen LogP contribution in [-0.2, 0) is 11.2 Å². The van der Waals surface area contributed by atoms with Crippen molar-refractivity contribution in [2.45, 2.75) is 32.6 Å². The number of nitrogens with zero attached hydrogens (tertiary/aromatic N) is 2. The third kappa shape index (κ3) is 4.30. The number of hydrogen-bond acceptors (Lipinski definition) is 5. The molecule has 1 N–H and O–H groups in total. The van der Waals surface area contributed by atoms with Crippen molar-refractivity contribution in [1.82, 2.24) is 9.88 Å². The molecule has 0 spiro atoms. The lowest BCUT2D eigenvalue weighted by Crippen LogP contribution is -2.42. The van der Waals surface area contributed by atoms with Crippen molar-refractivity contribution < 1.29 is 9.59 Å². The van der Waals surface area contributed by atoms with Gasteiger partial charge in [0.05, 0.1) is 5.69 Å². The van der Waals surface area contributed by atoms with Crippen molar-refractivity contribution in [1.29, 1.82) is 0 Å². The molecule has 3 rings (SSSR count). The Labute approximate surface area is 158 Å². The summed E-state index contributed by atoms with van der Waals surface area (Å²) >= 11 is 1.38. The Balaban J connectivity index is 1.60. The molecule has 0 radical (unpaired) electrons. The number of nitrogens with one attached hydrogen (secondary N) is 1. The van der Waals surface area contributed by atoms with Crippen molar-refractivity contribution in [3.63, 3.8) is 0 Å². The minimum atomic E-state index is -0.0478. The number of anilines is 1. The van der Waals surface area contributed by atoms with Gasteiger partial charge >= 0.3 is 0 Å². The lowest BCUT2D eigenvalue weighted by atomic mass is 9.90. The van der Waals surface area contributed by atoms with Crippen LogP contribution in [0.15, 0.2) is 30.3 Å². The number of amides is 1. The molecule has 1 fully saturated rings. The average Bonchev–Trinajstić information content (AvgIpc) is 3.07. The van der Waals surface area contributed by atoms with Crippen LogP contribution in [0.1, 0.15) is 40.2 Å². The summed E-state index contributed by atoms with van der Waals surface area (Å²) in [6, 6.07) is 10.1. The van der Waals surface area contributed by atoms with Crippen molar-refractivity contribution in [2.75, 3.05) is 25.5 Å². The fraction of sp³-hybridized carbons (Fsp3) is 0.450. The van der Waals surface area contributed by atoms with Crippen molar-refractivity contribution >= 4 is 28.2 Å². The average molecular weight is 372 g/mol. The lowest BCUT2D eigenvalue weighted by Gasteiger charge is -2.32. The van der Waals surface area contributed by atoms with Gasteiger partial charge in [-0.2, -0.15) is 0 Å². The van der Waals surface area contributed by atoms with E-state index in [1.807, 2.05) is 30.0 Å². The number of hydrogen-bond donors (Lipinski definition) is 1. The minimum absolute atomic E-state index is 0.00191. The number of likely N-dealkylation sites (tertiary alicyclic amines) is 1. The summed E-state index contributed by atoms with van der Waals surface area (Å²) < 4.78 is 0. The summed E-state index contributed by atoms with van der Waals surface area (Å²) in [5.41, 5.74) is 1.94. The number of carbonyl (C=O) groups is 2. The lowest BCUT2D eigenvalue weighted by molar-refractivity contribution is -0.124. The highest BCUT2D eigenvalue weighted by Crippen LogP contribution is 2.27. The Morgan fingerprint density at radius 3 is 2.77 bits per heavy atom. The van der Waals surface area contributed by atoms with Crippen LogP contribution in [-0.4, -0.2) is 41.7 Å². The number of benzene rings is 1. The Morgan fingerprint density at radius 1 is 1.31 bits per heavy atom. The van der Waals surface area contributed by atoms with E-state index < -0.39 is 0 Å². The molecule has 1 amide bonds. The van der Waals surface area contributed by atoms with Crippen LogP contribution < -0.4 is 5.32 Å². The quantitative estimate of drug-likeness (QED) is 0.843. The fourth-order valence-electron chi connectivity index (χ4n) is 3.39. The molecule has 1 aromatic carbocycles. The van der Waals surface area contributed by atoms with Crippen molar-refractivity contribution in [2.24, 2.45) is 5.92 Å². The van der Waals surface area contributed by atoms with Crippen LogP contribution in [0.5, 0.6) is 0 Å². The van der Waals surface area contributed by atoms with Gasteiger partial charge in [-0.3, -0.25) is 9.59 Å². The van der Waals surface area contributed by atoms with E-state index in [0.717, 1.165) is 30.1 Å². The topological polar surface area (TPSA) is 62.3 Å². The molecule has 1 aromatic heterocycles. The van der Waals surface area contributed by atoms with Gasteiger partial charge in [-0.25, -0.2) is 4.98 Å². The predicted octanol–water partition coefficient (Wildman–Crippen LogP) is 3.55. The predicted molar refractivity (Wildman–Crippen MR) is 105 cm³/mol. The standard InChI is InChI=1S/C20H25N3O2S/c1-14-18(26-20(21-2)22-14)19(25)23-12-6-9-16(13-23)17(24)11-10-15-7-4-3-5-8-15/h3-5,7-8,16H,6,9-13H2,1-2H3,(H,21,22)/t16-/m1/s1. The van der Waals surface area contributed by atoms with E-state index in [0.29, 0.717) is 24.4 Å². The normalized spacial score (nSPS) is 17.2. The number of thiazole rings is 1. The van der Waals surface area contributed by atoms with Gasteiger partial charge in [0.25, 0.3) is 5.91 Å². The van der Waals surface area contributed by atoms with Gasteiger partial charge in [0.2, 0.25) is 0 Å². The summed E-state index contributed by atoms with van der Waals surface area (Å²) in [4.78, 5) is 32.3. The maximum Gasteiger partial charge on any atom is 0.265 e. The van der Waals surface area contributed by atoms with E-state index in [9.17, 15) is 9.59 Å². The van der Waals surface area contributed by atoms with E-state index in [1.165, 1.54) is 16.9 Å². The highest BCUT2D eigenvalue weighted by atomic mass is 32.1. The van der Waals surface area contributed by atoms with Crippen LogP contribution in [0, 0.1) is 12.8 Å². The van der Waals surface area contributed by atoms with Gasteiger partial charge < -0.3 is 10.2 Å². The van der Waals surface area contributed by atoms with Gasteiger partial charge in [-0.05, 0) is 31.7 Å². The number of ketones is 1. The van der Waals surface area contributed by atoms with Gasteiger partial charge in [0.15, 0.2) is 5.13 Å². The second-order valence-electron chi connectivity index (χ2n) is 6.73. The van der Waals surface area contributed by atoms with Crippen LogP contribution in [0.25, 0.3) is 0 Å². The van der Waals surface area contributed by atoms with Crippen LogP contribution in [0.3, 0.4) is 0 Å². The zero-order valence-corrected chi connectivity index (χ0v) is 16.1. The molecule has 5 nitrogen and oxygen atoms in total. The molecule has 0 saturated carbocycles. The molecule has 1 aliphatic rings. The summed E-state index contributed by atoms with van der Waals surface area (Å²) in [6.07, 6.45) is 3.06. The maximum absolute atomic E-state index is 12.9. The molecule has 6 heteroatoms. The summed E-state index contributed by atoms with van der Waals surface area (Å²) in [7, 11) is 1.80. The van der Waals surface area contributed by atoms with E-state index in [-0.39, 0.29) is 17.6 Å². The zero-order valence-electron chi connectivity index (χ0n) is 15.3. The molecule has 138 valence electrons. The molecule has 0 aliphatic carbocycles. The zero-order chi connectivity index (χ0) is 18.5. The molecule has 1 aliphatic heterocycles. The highest BCUT2D eigenvalue weighted by molar-refractivity contribution is 7.17. The van der Waals surface area contributed by atoms with Crippen LogP contribution in [0.2, 0.25) is 0 Å². The molecular formula is C20H25N3O2S. The van der Waals surface area contributed by atoms with Crippen LogP contribution >= 0.6 is 11.3 Å². The number of Topliss-reactive ketones (excluding diaryl/α,β-unsaturated/α-hetero) is 1. The summed E-state index contributed by atoms with van der Waals surface area (Å²) in [5, 5.41) is 3.74. The Hall–Kier alpha value is -2.21. The molecule has 1 atom stereocenters. The number of rotatable bonds is 6. The molecule has 1 saturated heterocycles. The second kappa shape index (κ2) is 8.45. The van der Waals surface area contributed by atoms with E-state index in [2.05, 4.69) is 22.4 Å². The Kier molecular flexibility index (Phi) is 6.04. The Bertz CT molecular complexity index is 773. The molecule has 0 bridgehead atoms. The van der Waals surface area contributed by atoms with E-state index in [1.54, 1.807) is 7.05 Å². The molecular weight excluding hydrogens is 346 g/mol. The SMILES string of the molecule is CNc1nc(C)c(C(=O)N2CCC[C@@H](C(=O)CCc3ccccc3)C2)s1.